The summed E-state index contributed by atoms with van der Waals surface area (Å²) in [4.78, 5) is 16.0. The van der Waals surface area contributed by atoms with E-state index in [1.165, 1.54) is 24.2 Å². The maximum atomic E-state index is 11.8. The summed E-state index contributed by atoms with van der Waals surface area (Å²) in [7, 11) is 0. The molecule has 5 nitrogen and oxygen atoms in total. The van der Waals surface area contributed by atoms with E-state index in [2.05, 4.69) is 10.3 Å². The van der Waals surface area contributed by atoms with Gasteiger partial charge in [-0.25, -0.2) is 4.98 Å². The third kappa shape index (κ3) is 4.26. The fourth-order valence-corrected chi connectivity index (χ4v) is 2.89. The molecule has 106 valence electrons. The van der Waals surface area contributed by atoms with Crippen molar-refractivity contribution in [2.45, 2.75) is 44.8 Å². The Morgan fingerprint density at radius 3 is 3.00 bits per heavy atom. The number of rotatable bonds is 6. The van der Waals surface area contributed by atoms with Gasteiger partial charge in [0.2, 0.25) is 0 Å². The van der Waals surface area contributed by atoms with Gasteiger partial charge in [0.1, 0.15) is 10.7 Å². The highest BCUT2D eigenvalue weighted by Gasteiger charge is 2.15. The largest absolute Gasteiger partial charge is 0.376 e. The van der Waals surface area contributed by atoms with Crippen LogP contribution in [0.15, 0.2) is 5.38 Å². The number of amides is 1. The Kier molecular flexibility index (Phi) is 5.30. The van der Waals surface area contributed by atoms with Crippen molar-refractivity contribution < 1.29 is 9.53 Å². The first-order valence-electron chi connectivity index (χ1n) is 6.77. The second kappa shape index (κ2) is 6.98. The molecule has 1 fully saturated rings. The first kappa shape index (κ1) is 14.4. The van der Waals surface area contributed by atoms with Gasteiger partial charge >= 0.3 is 0 Å². The zero-order chi connectivity index (χ0) is 13.7. The van der Waals surface area contributed by atoms with Crippen molar-refractivity contribution in [1.82, 2.24) is 10.3 Å². The van der Waals surface area contributed by atoms with Gasteiger partial charge in [0, 0.05) is 11.9 Å². The molecule has 1 aromatic rings. The number of nitrogens with one attached hydrogen (secondary N) is 1. The molecule has 1 aliphatic carbocycles. The van der Waals surface area contributed by atoms with Crippen molar-refractivity contribution in [3.05, 3.63) is 16.1 Å². The highest BCUT2D eigenvalue weighted by molar-refractivity contribution is 7.09. The normalized spacial score (nSPS) is 17.6. The Balaban J connectivity index is 1.68. The third-order valence-electron chi connectivity index (χ3n) is 3.19. The molecule has 0 aromatic carbocycles. The lowest BCUT2D eigenvalue weighted by Crippen LogP contribution is -2.28. The van der Waals surface area contributed by atoms with E-state index in [0.29, 0.717) is 24.9 Å². The maximum absolute atomic E-state index is 11.8. The molecule has 1 aliphatic rings. The molecule has 0 bridgehead atoms. The molecule has 6 heteroatoms. The van der Waals surface area contributed by atoms with Crippen LogP contribution in [-0.4, -0.2) is 30.1 Å². The average Bonchev–Trinajstić information content (AvgIpc) is 3.05. The number of nitrogens with zero attached hydrogens (tertiary/aromatic N) is 1. The van der Waals surface area contributed by atoms with Gasteiger partial charge in [0.05, 0.1) is 18.8 Å². The van der Waals surface area contributed by atoms with Crippen molar-refractivity contribution >= 4 is 17.2 Å². The lowest BCUT2D eigenvalue weighted by atomic mass is 10.3. The second-order valence-corrected chi connectivity index (χ2v) is 5.78. The minimum Gasteiger partial charge on any atom is -0.376 e. The molecule has 0 radical (unpaired) electrons. The Morgan fingerprint density at radius 1 is 1.63 bits per heavy atom. The third-order valence-corrected chi connectivity index (χ3v) is 4.23. The van der Waals surface area contributed by atoms with Gasteiger partial charge in [-0.2, -0.15) is 0 Å². The summed E-state index contributed by atoms with van der Waals surface area (Å²) < 4.78 is 5.68. The van der Waals surface area contributed by atoms with E-state index in [-0.39, 0.29) is 11.9 Å². The van der Waals surface area contributed by atoms with Crippen LogP contribution in [0.2, 0.25) is 0 Å². The van der Waals surface area contributed by atoms with E-state index in [0.717, 1.165) is 17.8 Å². The molecule has 0 saturated heterocycles. The first-order chi connectivity index (χ1) is 9.16. The number of carbonyl (C=O) groups excluding carboxylic acids is 1. The van der Waals surface area contributed by atoms with Gasteiger partial charge < -0.3 is 15.8 Å². The van der Waals surface area contributed by atoms with Crippen LogP contribution >= 0.6 is 11.3 Å². The lowest BCUT2D eigenvalue weighted by Gasteiger charge is -2.10. The molecule has 1 atom stereocenters. The number of nitrogens with two attached hydrogens (primary N) is 1. The number of hydrogen-bond donors (Lipinski definition) is 2. The van der Waals surface area contributed by atoms with Gasteiger partial charge in [-0.3, -0.25) is 4.79 Å². The van der Waals surface area contributed by atoms with Crippen LogP contribution in [-0.2, 0) is 4.74 Å². The predicted octanol–water partition coefficient (Wildman–Crippen LogP) is 1.85. The smallest absolute Gasteiger partial charge is 0.270 e. The first-order valence-corrected chi connectivity index (χ1v) is 7.65. The van der Waals surface area contributed by atoms with Crippen molar-refractivity contribution in [2.75, 3.05) is 13.2 Å². The minimum atomic E-state index is -0.154. The Labute approximate surface area is 117 Å². The lowest BCUT2D eigenvalue weighted by molar-refractivity contribution is 0.0581. The average molecular weight is 283 g/mol. The summed E-state index contributed by atoms with van der Waals surface area (Å²) in [5.74, 6) is -0.154. The summed E-state index contributed by atoms with van der Waals surface area (Å²) in [5.41, 5.74) is 6.16. The van der Waals surface area contributed by atoms with Crippen molar-refractivity contribution in [3.8, 4) is 0 Å². The highest BCUT2D eigenvalue weighted by atomic mass is 32.1. The summed E-state index contributed by atoms with van der Waals surface area (Å²) >= 11 is 1.42. The summed E-state index contributed by atoms with van der Waals surface area (Å²) in [6, 6.07) is -0.128. The Bertz CT molecular complexity index is 414. The quantitative estimate of drug-likeness (QED) is 0.781. The van der Waals surface area contributed by atoms with Crippen LogP contribution in [0.3, 0.4) is 0 Å². The second-order valence-electron chi connectivity index (χ2n) is 4.89. The van der Waals surface area contributed by atoms with Crippen molar-refractivity contribution in [2.24, 2.45) is 5.73 Å². The van der Waals surface area contributed by atoms with E-state index >= 15 is 0 Å². The van der Waals surface area contributed by atoms with Crippen LogP contribution in [0.4, 0.5) is 0 Å². The molecule has 0 spiro atoms. The van der Waals surface area contributed by atoms with Crippen molar-refractivity contribution in [1.29, 1.82) is 0 Å². The van der Waals surface area contributed by atoms with Gasteiger partial charge in [-0.15, -0.1) is 11.3 Å². The van der Waals surface area contributed by atoms with Gasteiger partial charge in [-0.1, -0.05) is 12.8 Å². The molecule has 19 heavy (non-hydrogen) atoms. The topological polar surface area (TPSA) is 77.2 Å². The predicted molar refractivity (Wildman–Crippen MR) is 75.3 cm³/mol. The molecule has 1 saturated carbocycles. The number of carbonyl (C=O) groups is 1. The molecule has 0 aliphatic heterocycles. The maximum Gasteiger partial charge on any atom is 0.270 e. The molecular formula is C13H21N3O2S. The molecule has 1 aromatic heterocycles. The number of thiazole rings is 1. The standard InChI is InChI=1S/C13H21N3O2S/c1-9(14)13-16-11(8-19-13)12(17)15-6-7-18-10-4-2-3-5-10/h8-10H,2-7,14H2,1H3,(H,15,17). The number of ether oxygens (including phenoxy) is 1. The van der Waals surface area contributed by atoms with Crippen LogP contribution < -0.4 is 11.1 Å². The van der Waals surface area contributed by atoms with E-state index in [4.69, 9.17) is 10.5 Å². The molecule has 1 unspecified atom stereocenters. The summed E-state index contributed by atoms with van der Waals surface area (Å²) in [6.45, 7) is 2.96. The molecule has 1 heterocycles. The zero-order valence-corrected chi connectivity index (χ0v) is 12.0. The summed E-state index contributed by atoms with van der Waals surface area (Å²) in [6.07, 6.45) is 5.21. The minimum absolute atomic E-state index is 0.128. The number of hydrogen-bond acceptors (Lipinski definition) is 5. The van der Waals surface area contributed by atoms with Gasteiger partial charge in [0.25, 0.3) is 5.91 Å². The zero-order valence-electron chi connectivity index (χ0n) is 11.2. The van der Waals surface area contributed by atoms with Gasteiger partial charge in [0.15, 0.2) is 0 Å². The molecule has 2 rings (SSSR count). The van der Waals surface area contributed by atoms with Crippen LogP contribution in [0.5, 0.6) is 0 Å². The van der Waals surface area contributed by atoms with Crippen molar-refractivity contribution in [3.63, 3.8) is 0 Å². The molecule has 3 N–H and O–H groups in total. The fourth-order valence-electron chi connectivity index (χ4n) is 2.14. The summed E-state index contributed by atoms with van der Waals surface area (Å²) in [5, 5.41) is 5.34. The molecule has 1 amide bonds. The number of aromatic nitrogens is 1. The Morgan fingerprint density at radius 2 is 2.37 bits per heavy atom. The fraction of sp³-hybridized carbons (Fsp3) is 0.692. The van der Waals surface area contributed by atoms with Crippen LogP contribution in [0.1, 0.15) is 54.1 Å². The monoisotopic (exact) mass is 283 g/mol. The van der Waals surface area contributed by atoms with E-state index in [1.807, 2.05) is 6.92 Å². The van der Waals surface area contributed by atoms with Crippen LogP contribution in [0.25, 0.3) is 0 Å². The highest BCUT2D eigenvalue weighted by Crippen LogP contribution is 2.20. The van der Waals surface area contributed by atoms with E-state index in [9.17, 15) is 4.79 Å². The Hall–Kier alpha value is -0.980. The van der Waals surface area contributed by atoms with E-state index < -0.39 is 0 Å². The van der Waals surface area contributed by atoms with Crippen LogP contribution in [0, 0.1) is 0 Å². The van der Waals surface area contributed by atoms with E-state index in [1.54, 1.807) is 5.38 Å². The van der Waals surface area contributed by atoms with Gasteiger partial charge in [-0.05, 0) is 19.8 Å². The SMILES string of the molecule is CC(N)c1nc(C(=O)NCCOC2CCCC2)cs1. The molecular weight excluding hydrogens is 262 g/mol.